The Bertz CT molecular complexity index is 857. The molecule has 1 aliphatic carbocycles. The van der Waals surface area contributed by atoms with E-state index in [9.17, 15) is 9.18 Å². The first kappa shape index (κ1) is 16.9. The van der Waals surface area contributed by atoms with Gasteiger partial charge in [0.2, 0.25) is 0 Å². The number of ether oxygens (including phenoxy) is 2. The number of carbonyl (C=O) groups is 1. The average Bonchev–Trinajstić information content (AvgIpc) is 3.29. The minimum Gasteiger partial charge on any atom is -0.493 e. The van der Waals surface area contributed by atoms with Crippen LogP contribution in [-0.2, 0) is 11.2 Å². The molecule has 0 spiro atoms. The standard InChI is InChI=1S/C21H21FO4/c1-21(2)10-17-18(22)8-13(9-19(17)26-21)12-3-5-15(6-4-12)25-11-14-7-16(14)20(23)24/h3-6,8-9,14,16H,7,10-11H2,1-2H3,(H,23,24)/t14-,16+/m0/s1. The highest BCUT2D eigenvalue weighted by molar-refractivity contribution is 5.73. The summed E-state index contributed by atoms with van der Waals surface area (Å²) >= 11 is 0. The third-order valence-corrected chi connectivity index (χ3v) is 5.03. The molecule has 26 heavy (non-hydrogen) atoms. The Morgan fingerprint density at radius 1 is 1.27 bits per heavy atom. The van der Waals surface area contributed by atoms with E-state index in [2.05, 4.69) is 0 Å². The second-order valence-electron chi connectivity index (χ2n) is 7.75. The number of hydrogen-bond donors (Lipinski definition) is 1. The van der Waals surface area contributed by atoms with Gasteiger partial charge in [-0.1, -0.05) is 12.1 Å². The highest BCUT2D eigenvalue weighted by Gasteiger charge is 2.43. The van der Waals surface area contributed by atoms with Crippen molar-refractivity contribution in [3.63, 3.8) is 0 Å². The molecule has 0 radical (unpaired) electrons. The molecule has 0 aromatic heterocycles. The van der Waals surface area contributed by atoms with Gasteiger partial charge in [0.25, 0.3) is 0 Å². The van der Waals surface area contributed by atoms with Crippen molar-refractivity contribution in [3.05, 3.63) is 47.8 Å². The summed E-state index contributed by atoms with van der Waals surface area (Å²) < 4.78 is 25.9. The number of carboxylic acid groups (broad SMARTS) is 1. The second-order valence-corrected chi connectivity index (χ2v) is 7.75. The second kappa shape index (κ2) is 6.01. The molecule has 5 heteroatoms. The van der Waals surface area contributed by atoms with Crippen LogP contribution in [0.3, 0.4) is 0 Å². The molecule has 0 amide bonds. The van der Waals surface area contributed by atoms with Crippen molar-refractivity contribution in [1.29, 1.82) is 0 Å². The van der Waals surface area contributed by atoms with E-state index in [0.29, 0.717) is 36.5 Å². The number of carboxylic acids is 1. The zero-order chi connectivity index (χ0) is 18.5. The maximum atomic E-state index is 14.4. The van der Waals surface area contributed by atoms with Crippen LogP contribution in [0.2, 0.25) is 0 Å². The molecule has 1 saturated carbocycles. The van der Waals surface area contributed by atoms with Crippen LogP contribution in [0.25, 0.3) is 11.1 Å². The number of halogens is 1. The molecule has 1 N–H and O–H groups in total. The topological polar surface area (TPSA) is 55.8 Å². The van der Waals surface area contributed by atoms with Gasteiger partial charge >= 0.3 is 5.97 Å². The Kier molecular flexibility index (Phi) is 3.90. The van der Waals surface area contributed by atoms with Crippen LogP contribution in [0.4, 0.5) is 4.39 Å². The summed E-state index contributed by atoms with van der Waals surface area (Å²) in [5, 5.41) is 8.91. The molecular formula is C21H21FO4. The highest BCUT2D eigenvalue weighted by atomic mass is 19.1. The first-order valence-electron chi connectivity index (χ1n) is 8.80. The maximum Gasteiger partial charge on any atom is 0.306 e. The molecule has 4 rings (SSSR count). The summed E-state index contributed by atoms with van der Waals surface area (Å²) in [7, 11) is 0. The van der Waals surface area contributed by atoms with E-state index in [-0.39, 0.29) is 23.3 Å². The summed E-state index contributed by atoms with van der Waals surface area (Å²) in [6.45, 7) is 4.31. The fourth-order valence-corrected chi connectivity index (χ4v) is 3.48. The fourth-order valence-electron chi connectivity index (χ4n) is 3.48. The zero-order valence-electron chi connectivity index (χ0n) is 14.8. The lowest BCUT2D eigenvalue weighted by Gasteiger charge is -2.16. The van der Waals surface area contributed by atoms with Gasteiger partial charge in [-0.3, -0.25) is 4.79 Å². The van der Waals surface area contributed by atoms with Gasteiger partial charge in [-0.05, 0) is 55.7 Å². The van der Waals surface area contributed by atoms with Gasteiger partial charge in [-0.2, -0.15) is 0 Å². The molecule has 4 nitrogen and oxygen atoms in total. The van der Waals surface area contributed by atoms with Crippen molar-refractivity contribution < 1.29 is 23.8 Å². The van der Waals surface area contributed by atoms with Crippen LogP contribution >= 0.6 is 0 Å². The Hall–Kier alpha value is -2.56. The summed E-state index contributed by atoms with van der Waals surface area (Å²) in [5.74, 6) is 0.129. The van der Waals surface area contributed by atoms with Gasteiger partial charge < -0.3 is 14.6 Å². The van der Waals surface area contributed by atoms with Gasteiger partial charge in [-0.15, -0.1) is 0 Å². The molecule has 2 aliphatic rings. The summed E-state index contributed by atoms with van der Waals surface area (Å²) in [6, 6.07) is 10.8. The number of aliphatic carboxylic acids is 1. The molecule has 0 bridgehead atoms. The lowest BCUT2D eigenvalue weighted by molar-refractivity contribution is -0.138. The van der Waals surface area contributed by atoms with Gasteiger partial charge in [0.05, 0.1) is 12.5 Å². The van der Waals surface area contributed by atoms with Crippen LogP contribution in [0.15, 0.2) is 36.4 Å². The first-order valence-corrected chi connectivity index (χ1v) is 8.80. The Morgan fingerprint density at radius 2 is 2.00 bits per heavy atom. The van der Waals surface area contributed by atoms with E-state index in [0.717, 1.165) is 11.1 Å². The number of rotatable bonds is 5. The van der Waals surface area contributed by atoms with Gasteiger partial charge in [0.15, 0.2) is 0 Å². The van der Waals surface area contributed by atoms with Crippen LogP contribution in [0.1, 0.15) is 25.8 Å². The quantitative estimate of drug-likeness (QED) is 0.868. The number of benzene rings is 2. The fraction of sp³-hybridized carbons (Fsp3) is 0.381. The number of fused-ring (bicyclic) bond motifs is 1. The van der Waals surface area contributed by atoms with E-state index in [1.165, 1.54) is 0 Å². The van der Waals surface area contributed by atoms with Gasteiger partial charge in [0.1, 0.15) is 22.9 Å². The van der Waals surface area contributed by atoms with Crippen LogP contribution in [0.5, 0.6) is 11.5 Å². The predicted molar refractivity (Wildman–Crippen MR) is 95.0 cm³/mol. The molecule has 1 heterocycles. The minimum atomic E-state index is -0.752. The van der Waals surface area contributed by atoms with E-state index in [4.69, 9.17) is 14.6 Å². The zero-order valence-corrected chi connectivity index (χ0v) is 14.8. The van der Waals surface area contributed by atoms with E-state index < -0.39 is 5.97 Å². The van der Waals surface area contributed by atoms with E-state index in [1.54, 1.807) is 6.07 Å². The first-order chi connectivity index (χ1) is 12.3. The van der Waals surface area contributed by atoms with Crippen molar-refractivity contribution in [3.8, 4) is 22.6 Å². The average molecular weight is 356 g/mol. The molecule has 1 aliphatic heterocycles. The molecule has 2 aromatic rings. The maximum absolute atomic E-state index is 14.4. The normalized spacial score (nSPS) is 22.4. The van der Waals surface area contributed by atoms with Crippen molar-refractivity contribution in [2.24, 2.45) is 11.8 Å². The van der Waals surface area contributed by atoms with Crippen LogP contribution < -0.4 is 9.47 Å². The number of hydrogen-bond acceptors (Lipinski definition) is 3. The lowest BCUT2D eigenvalue weighted by atomic mass is 9.98. The monoisotopic (exact) mass is 356 g/mol. The third-order valence-electron chi connectivity index (χ3n) is 5.03. The summed E-state index contributed by atoms with van der Waals surface area (Å²) in [4.78, 5) is 10.8. The SMILES string of the molecule is CC1(C)Cc2c(F)cc(-c3ccc(OC[C@@H]4C[C@H]4C(=O)O)cc3)cc2O1. The van der Waals surface area contributed by atoms with E-state index in [1.807, 2.05) is 44.2 Å². The summed E-state index contributed by atoms with van der Waals surface area (Å²) in [5.41, 5.74) is 1.90. The minimum absolute atomic E-state index is 0.0958. The Morgan fingerprint density at radius 3 is 2.65 bits per heavy atom. The molecule has 2 aromatic carbocycles. The Balaban J connectivity index is 1.46. The molecule has 1 fully saturated rings. The molecule has 0 saturated heterocycles. The van der Waals surface area contributed by atoms with Crippen molar-refractivity contribution in [2.75, 3.05) is 6.61 Å². The lowest BCUT2D eigenvalue weighted by Crippen LogP contribution is -2.24. The largest absolute Gasteiger partial charge is 0.493 e. The van der Waals surface area contributed by atoms with Crippen molar-refractivity contribution in [1.82, 2.24) is 0 Å². The molecule has 2 atom stereocenters. The highest BCUT2D eigenvalue weighted by Crippen LogP contribution is 2.40. The summed E-state index contributed by atoms with van der Waals surface area (Å²) in [6.07, 6.45) is 1.25. The molecule has 0 unspecified atom stereocenters. The molecule has 136 valence electrons. The van der Waals surface area contributed by atoms with Gasteiger partial charge in [0, 0.05) is 17.9 Å². The smallest absolute Gasteiger partial charge is 0.306 e. The third kappa shape index (κ3) is 3.26. The predicted octanol–water partition coefficient (Wildman–Crippen LogP) is 4.31. The van der Waals surface area contributed by atoms with Crippen LogP contribution in [0, 0.1) is 17.7 Å². The Labute approximate surface area is 151 Å². The van der Waals surface area contributed by atoms with Crippen molar-refractivity contribution >= 4 is 5.97 Å². The van der Waals surface area contributed by atoms with Gasteiger partial charge in [-0.25, -0.2) is 4.39 Å². The van der Waals surface area contributed by atoms with Crippen molar-refractivity contribution in [2.45, 2.75) is 32.3 Å². The molecular weight excluding hydrogens is 335 g/mol. The van der Waals surface area contributed by atoms with Crippen LogP contribution in [-0.4, -0.2) is 23.3 Å². The van der Waals surface area contributed by atoms with E-state index >= 15 is 0 Å².